The lowest BCUT2D eigenvalue weighted by Crippen LogP contribution is -2.37. The van der Waals surface area contributed by atoms with E-state index < -0.39 is 18.4 Å². The maximum Gasteiger partial charge on any atom is 0.573 e. The Morgan fingerprint density at radius 1 is 1.41 bits per heavy atom. The van der Waals surface area contributed by atoms with Crippen LogP contribution in [0.2, 0.25) is 0 Å². The van der Waals surface area contributed by atoms with E-state index in [0.717, 1.165) is 0 Å². The van der Waals surface area contributed by atoms with Crippen LogP contribution in [0, 0.1) is 5.92 Å². The van der Waals surface area contributed by atoms with Crippen LogP contribution < -0.4 is 10.1 Å². The van der Waals surface area contributed by atoms with Crippen LogP contribution in [0.5, 0.6) is 5.75 Å². The summed E-state index contributed by atoms with van der Waals surface area (Å²) < 4.78 is 40.5. The van der Waals surface area contributed by atoms with E-state index in [1.807, 2.05) is 13.8 Å². The molecule has 0 fully saturated rings. The van der Waals surface area contributed by atoms with E-state index in [9.17, 15) is 18.0 Å². The van der Waals surface area contributed by atoms with Crippen molar-refractivity contribution in [1.82, 2.24) is 5.32 Å². The molecule has 0 aliphatic rings. The Hall–Kier alpha value is -1.28. The first-order chi connectivity index (χ1) is 10.1. The van der Waals surface area contributed by atoms with Gasteiger partial charge in [-0.2, -0.15) is 0 Å². The number of hydrogen-bond donors (Lipinski definition) is 2. The second kappa shape index (κ2) is 7.82. The van der Waals surface area contributed by atoms with E-state index in [4.69, 9.17) is 5.11 Å². The van der Waals surface area contributed by atoms with Crippen molar-refractivity contribution in [2.75, 3.05) is 0 Å². The Labute approximate surface area is 134 Å². The van der Waals surface area contributed by atoms with E-state index in [1.54, 1.807) is 0 Å². The van der Waals surface area contributed by atoms with Crippen LogP contribution in [-0.4, -0.2) is 23.5 Å². The fourth-order valence-electron chi connectivity index (χ4n) is 1.85. The third-order valence-electron chi connectivity index (χ3n) is 2.78. The number of nitrogens with one attached hydrogen (secondary N) is 1. The zero-order chi connectivity index (χ0) is 16.9. The molecule has 1 aromatic carbocycles. The van der Waals surface area contributed by atoms with Crippen molar-refractivity contribution in [3.05, 3.63) is 28.2 Å². The fraction of sp³-hybridized carbons (Fsp3) is 0.500. The molecule has 0 amide bonds. The second-order valence-corrected chi connectivity index (χ2v) is 6.07. The minimum absolute atomic E-state index is 0.153. The minimum atomic E-state index is -4.76. The molecular weight excluding hydrogens is 367 g/mol. The van der Waals surface area contributed by atoms with E-state index in [-0.39, 0.29) is 22.7 Å². The molecule has 0 unspecified atom stereocenters. The summed E-state index contributed by atoms with van der Waals surface area (Å²) in [6.45, 7) is 4.06. The molecule has 0 bridgehead atoms. The average Bonchev–Trinajstić information content (AvgIpc) is 2.35. The molecule has 22 heavy (non-hydrogen) atoms. The maximum atomic E-state index is 12.2. The molecule has 0 radical (unpaired) electrons. The van der Waals surface area contributed by atoms with Crippen molar-refractivity contribution in [3.63, 3.8) is 0 Å². The quantitative estimate of drug-likeness (QED) is 0.748. The molecule has 8 heteroatoms. The third kappa shape index (κ3) is 6.65. The van der Waals surface area contributed by atoms with Crippen molar-refractivity contribution in [3.8, 4) is 5.75 Å². The van der Waals surface area contributed by atoms with E-state index in [0.29, 0.717) is 12.0 Å². The molecule has 0 saturated carbocycles. The molecule has 0 spiro atoms. The monoisotopic (exact) mass is 383 g/mol. The molecular formula is C14H17BrF3NO3. The maximum absolute atomic E-state index is 12.2. The minimum Gasteiger partial charge on any atom is -0.480 e. The topological polar surface area (TPSA) is 58.6 Å². The Morgan fingerprint density at radius 2 is 2.05 bits per heavy atom. The number of rotatable bonds is 7. The van der Waals surface area contributed by atoms with Crippen LogP contribution in [-0.2, 0) is 11.3 Å². The van der Waals surface area contributed by atoms with E-state index in [2.05, 4.69) is 26.0 Å². The Kier molecular flexibility index (Phi) is 6.67. The zero-order valence-electron chi connectivity index (χ0n) is 12.1. The number of benzene rings is 1. The highest BCUT2D eigenvalue weighted by molar-refractivity contribution is 9.10. The van der Waals surface area contributed by atoms with Crippen LogP contribution in [0.4, 0.5) is 13.2 Å². The molecule has 0 aliphatic heterocycles. The summed E-state index contributed by atoms with van der Waals surface area (Å²) in [7, 11) is 0. The Morgan fingerprint density at radius 3 is 2.50 bits per heavy atom. The Bertz CT molecular complexity index is 521. The summed E-state index contributed by atoms with van der Waals surface area (Å²) in [6, 6.07) is 3.40. The molecule has 0 saturated heterocycles. The lowest BCUT2D eigenvalue weighted by atomic mass is 10.0. The zero-order valence-corrected chi connectivity index (χ0v) is 13.7. The van der Waals surface area contributed by atoms with Gasteiger partial charge in [0.25, 0.3) is 0 Å². The summed E-state index contributed by atoms with van der Waals surface area (Å²) in [4.78, 5) is 11.1. The number of hydrogen-bond acceptors (Lipinski definition) is 3. The average molecular weight is 384 g/mol. The van der Waals surface area contributed by atoms with E-state index in [1.165, 1.54) is 18.2 Å². The van der Waals surface area contributed by atoms with E-state index >= 15 is 0 Å². The van der Waals surface area contributed by atoms with Gasteiger partial charge in [0.15, 0.2) is 0 Å². The molecule has 1 aromatic rings. The van der Waals surface area contributed by atoms with Crippen molar-refractivity contribution in [2.45, 2.75) is 39.2 Å². The van der Waals surface area contributed by atoms with Crippen LogP contribution in [0.1, 0.15) is 25.8 Å². The van der Waals surface area contributed by atoms with Crippen molar-refractivity contribution >= 4 is 21.9 Å². The SMILES string of the molecule is CC(C)C[C@@H](NCc1ccc(OC(F)(F)F)c(Br)c1)C(=O)O. The summed E-state index contributed by atoms with van der Waals surface area (Å²) in [5.74, 6) is -1.08. The number of aliphatic carboxylic acids is 1. The lowest BCUT2D eigenvalue weighted by molar-refractivity contribution is -0.274. The van der Waals surface area contributed by atoms with Gasteiger partial charge in [-0.3, -0.25) is 4.79 Å². The summed E-state index contributed by atoms with van der Waals surface area (Å²) in [5, 5.41) is 12.0. The molecule has 2 N–H and O–H groups in total. The highest BCUT2D eigenvalue weighted by Gasteiger charge is 2.32. The van der Waals surface area contributed by atoms with Gasteiger partial charge in [-0.05, 0) is 46.0 Å². The lowest BCUT2D eigenvalue weighted by Gasteiger charge is -2.17. The molecule has 1 atom stereocenters. The predicted molar refractivity (Wildman–Crippen MR) is 78.5 cm³/mol. The first-order valence-electron chi connectivity index (χ1n) is 6.59. The van der Waals surface area contributed by atoms with Gasteiger partial charge in [0.1, 0.15) is 11.8 Å². The Balaban J connectivity index is 2.70. The first-order valence-corrected chi connectivity index (χ1v) is 7.38. The van der Waals surface area contributed by atoms with Crippen LogP contribution in [0.25, 0.3) is 0 Å². The number of carboxylic acids is 1. The van der Waals surface area contributed by atoms with Crippen LogP contribution >= 0.6 is 15.9 Å². The molecule has 0 aromatic heterocycles. The molecule has 0 aliphatic carbocycles. The highest BCUT2D eigenvalue weighted by atomic mass is 79.9. The van der Waals surface area contributed by atoms with Gasteiger partial charge in [0.2, 0.25) is 0 Å². The van der Waals surface area contributed by atoms with Crippen LogP contribution in [0.3, 0.4) is 0 Å². The fourth-order valence-corrected chi connectivity index (χ4v) is 2.35. The van der Waals surface area contributed by atoms with Gasteiger partial charge in [0, 0.05) is 6.54 Å². The number of ether oxygens (including phenoxy) is 1. The molecule has 4 nitrogen and oxygen atoms in total. The van der Waals surface area contributed by atoms with Gasteiger partial charge in [-0.25, -0.2) is 0 Å². The normalized spacial score (nSPS) is 13.2. The molecule has 0 heterocycles. The molecule has 124 valence electrons. The van der Waals surface area contributed by atoms with Crippen LogP contribution in [0.15, 0.2) is 22.7 Å². The van der Waals surface area contributed by atoms with Crippen molar-refractivity contribution in [2.24, 2.45) is 5.92 Å². The largest absolute Gasteiger partial charge is 0.573 e. The molecule has 1 rings (SSSR count). The highest BCUT2D eigenvalue weighted by Crippen LogP contribution is 2.31. The number of alkyl halides is 3. The van der Waals surface area contributed by atoms with Gasteiger partial charge in [-0.1, -0.05) is 19.9 Å². The van der Waals surface area contributed by atoms with Crippen molar-refractivity contribution < 1.29 is 27.8 Å². The number of carboxylic acid groups (broad SMARTS) is 1. The number of halogens is 4. The predicted octanol–water partition coefficient (Wildman–Crippen LogP) is 3.94. The smallest absolute Gasteiger partial charge is 0.480 e. The van der Waals surface area contributed by atoms with Gasteiger partial charge in [-0.15, -0.1) is 13.2 Å². The second-order valence-electron chi connectivity index (χ2n) is 5.21. The first kappa shape index (κ1) is 18.8. The van der Waals surface area contributed by atoms with Gasteiger partial charge in [0.05, 0.1) is 4.47 Å². The van der Waals surface area contributed by atoms with Crippen molar-refractivity contribution in [1.29, 1.82) is 0 Å². The van der Waals surface area contributed by atoms with Gasteiger partial charge >= 0.3 is 12.3 Å². The summed E-state index contributed by atoms with van der Waals surface area (Å²) in [6.07, 6.45) is -4.29. The number of carbonyl (C=O) groups is 1. The summed E-state index contributed by atoms with van der Waals surface area (Å²) >= 11 is 3.01. The summed E-state index contributed by atoms with van der Waals surface area (Å²) in [5.41, 5.74) is 0.649. The third-order valence-corrected chi connectivity index (χ3v) is 3.40. The van der Waals surface area contributed by atoms with Gasteiger partial charge < -0.3 is 15.2 Å². The standard InChI is InChI=1S/C14H17BrF3NO3/c1-8(2)5-11(13(20)21)19-7-9-3-4-12(10(15)6-9)22-14(16,17)18/h3-4,6,8,11,19H,5,7H2,1-2H3,(H,20,21)/t11-/m1/s1.